The van der Waals surface area contributed by atoms with Crippen LogP contribution in [-0.4, -0.2) is 30.7 Å². The summed E-state index contributed by atoms with van der Waals surface area (Å²) in [4.78, 5) is 20.5. The zero-order valence-electron chi connectivity index (χ0n) is 11.3. The summed E-state index contributed by atoms with van der Waals surface area (Å²) in [5, 5.41) is 7.82. The van der Waals surface area contributed by atoms with Crippen molar-refractivity contribution in [1.29, 1.82) is 0 Å². The standard InChI is InChI=1S/C13H13ClN6O/c1-2-16-11-4-3-9(14)10(17-11)8-20-13(21)19-6-5-15-7-12(19)18-20/h3-7H,2,8H2,1H3,(H,16,17). The van der Waals surface area contributed by atoms with Crippen LogP contribution in [0.4, 0.5) is 5.82 Å². The SMILES string of the molecule is CCNc1ccc(Cl)c(Cn2nc3cnccn3c2=O)n1. The van der Waals surface area contributed by atoms with Crippen LogP contribution in [0, 0.1) is 0 Å². The third kappa shape index (κ3) is 2.59. The molecule has 0 aliphatic carbocycles. The van der Waals surface area contributed by atoms with Crippen LogP contribution in [0.1, 0.15) is 12.6 Å². The molecule has 3 aromatic heterocycles. The zero-order chi connectivity index (χ0) is 14.8. The van der Waals surface area contributed by atoms with Crippen molar-refractivity contribution in [2.75, 3.05) is 11.9 Å². The van der Waals surface area contributed by atoms with Gasteiger partial charge in [0.25, 0.3) is 0 Å². The molecule has 0 radical (unpaired) electrons. The first-order chi connectivity index (χ1) is 10.2. The van der Waals surface area contributed by atoms with Crippen molar-refractivity contribution in [3.8, 4) is 0 Å². The van der Waals surface area contributed by atoms with Crippen molar-refractivity contribution >= 4 is 23.1 Å². The normalized spacial score (nSPS) is 11.0. The van der Waals surface area contributed by atoms with Gasteiger partial charge in [0.15, 0.2) is 5.65 Å². The highest BCUT2D eigenvalue weighted by molar-refractivity contribution is 6.31. The summed E-state index contributed by atoms with van der Waals surface area (Å²) in [6.45, 7) is 2.95. The largest absolute Gasteiger partial charge is 0.370 e. The second-order valence-corrected chi connectivity index (χ2v) is 4.81. The number of fused-ring (bicyclic) bond motifs is 1. The van der Waals surface area contributed by atoms with Gasteiger partial charge >= 0.3 is 5.69 Å². The third-order valence-corrected chi connectivity index (χ3v) is 3.31. The molecular weight excluding hydrogens is 292 g/mol. The quantitative estimate of drug-likeness (QED) is 0.789. The van der Waals surface area contributed by atoms with Gasteiger partial charge in [-0.15, -0.1) is 5.10 Å². The molecule has 1 N–H and O–H groups in total. The predicted octanol–water partition coefficient (Wildman–Crippen LogP) is 1.42. The van der Waals surface area contributed by atoms with Crippen LogP contribution in [-0.2, 0) is 6.54 Å². The summed E-state index contributed by atoms with van der Waals surface area (Å²) in [7, 11) is 0. The predicted molar refractivity (Wildman–Crippen MR) is 79.8 cm³/mol. The van der Waals surface area contributed by atoms with E-state index in [-0.39, 0.29) is 12.2 Å². The Bertz CT molecular complexity index is 840. The van der Waals surface area contributed by atoms with E-state index in [0.29, 0.717) is 16.4 Å². The van der Waals surface area contributed by atoms with Crippen molar-refractivity contribution in [3.05, 3.63) is 51.9 Å². The van der Waals surface area contributed by atoms with Crippen LogP contribution in [0.3, 0.4) is 0 Å². The van der Waals surface area contributed by atoms with E-state index in [1.165, 1.54) is 21.5 Å². The lowest BCUT2D eigenvalue weighted by Crippen LogP contribution is -2.22. The monoisotopic (exact) mass is 304 g/mol. The molecule has 3 rings (SSSR count). The lowest BCUT2D eigenvalue weighted by Gasteiger charge is -2.07. The topological polar surface area (TPSA) is 77.1 Å². The molecule has 0 bridgehead atoms. The molecule has 3 aromatic rings. The maximum absolute atomic E-state index is 12.2. The van der Waals surface area contributed by atoms with E-state index in [9.17, 15) is 4.79 Å². The van der Waals surface area contributed by atoms with Gasteiger partial charge in [-0.3, -0.25) is 4.98 Å². The van der Waals surface area contributed by atoms with Gasteiger partial charge < -0.3 is 5.32 Å². The number of rotatable bonds is 4. The van der Waals surface area contributed by atoms with Crippen LogP contribution in [0.2, 0.25) is 5.02 Å². The Kier molecular flexibility index (Phi) is 3.57. The fourth-order valence-electron chi connectivity index (χ4n) is 2.00. The Morgan fingerprint density at radius 2 is 2.24 bits per heavy atom. The van der Waals surface area contributed by atoms with E-state index in [2.05, 4.69) is 20.4 Å². The Morgan fingerprint density at radius 3 is 3.00 bits per heavy atom. The van der Waals surface area contributed by atoms with Crippen LogP contribution in [0.15, 0.2) is 35.5 Å². The molecule has 0 aliphatic heterocycles. The molecule has 3 heterocycles. The van der Waals surface area contributed by atoms with Gasteiger partial charge in [0, 0.05) is 18.9 Å². The van der Waals surface area contributed by atoms with Gasteiger partial charge in [-0.25, -0.2) is 18.9 Å². The molecule has 7 nitrogen and oxygen atoms in total. The van der Waals surface area contributed by atoms with E-state index in [1.807, 2.05) is 6.92 Å². The molecule has 0 unspecified atom stereocenters. The number of hydrogen-bond donors (Lipinski definition) is 1. The lowest BCUT2D eigenvalue weighted by molar-refractivity contribution is 0.647. The number of hydrogen-bond acceptors (Lipinski definition) is 5. The summed E-state index contributed by atoms with van der Waals surface area (Å²) < 4.78 is 2.75. The van der Waals surface area contributed by atoms with Crippen LogP contribution >= 0.6 is 11.6 Å². The highest BCUT2D eigenvalue weighted by atomic mass is 35.5. The molecule has 0 spiro atoms. The summed E-state index contributed by atoms with van der Waals surface area (Å²) in [6.07, 6.45) is 4.64. The van der Waals surface area contributed by atoms with Gasteiger partial charge in [0.1, 0.15) is 5.82 Å². The molecule has 21 heavy (non-hydrogen) atoms. The second kappa shape index (κ2) is 5.53. The molecule has 0 aromatic carbocycles. The average Bonchev–Trinajstić information content (AvgIpc) is 2.80. The molecule has 0 atom stereocenters. The number of pyridine rings is 1. The maximum Gasteiger partial charge on any atom is 0.350 e. The van der Waals surface area contributed by atoms with E-state index in [4.69, 9.17) is 11.6 Å². The van der Waals surface area contributed by atoms with Gasteiger partial charge in [-0.2, -0.15) is 0 Å². The number of nitrogens with one attached hydrogen (secondary N) is 1. The molecular formula is C13H13ClN6O. The summed E-state index contributed by atoms with van der Waals surface area (Å²) in [5.41, 5.74) is 0.828. The maximum atomic E-state index is 12.2. The number of halogens is 1. The number of nitrogens with zero attached hydrogens (tertiary/aromatic N) is 5. The smallest absolute Gasteiger partial charge is 0.350 e. The first kappa shape index (κ1) is 13.6. The third-order valence-electron chi connectivity index (χ3n) is 2.96. The highest BCUT2D eigenvalue weighted by Gasteiger charge is 2.10. The van der Waals surface area contributed by atoms with Crippen LogP contribution in [0.5, 0.6) is 0 Å². The highest BCUT2D eigenvalue weighted by Crippen LogP contribution is 2.17. The van der Waals surface area contributed by atoms with Crippen molar-refractivity contribution < 1.29 is 0 Å². The lowest BCUT2D eigenvalue weighted by atomic mass is 10.3. The van der Waals surface area contributed by atoms with Gasteiger partial charge in [0.05, 0.1) is 23.5 Å². The fraction of sp³-hybridized carbons (Fsp3) is 0.231. The van der Waals surface area contributed by atoms with Crippen molar-refractivity contribution in [2.45, 2.75) is 13.5 Å². The second-order valence-electron chi connectivity index (χ2n) is 4.40. The minimum atomic E-state index is -0.251. The average molecular weight is 305 g/mol. The van der Waals surface area contributed by atoms with Gasteiger partial charge in [0.2, 0.25) is 0 Å². The Labute approximate surface area is 125 Å². The van der Waals surface area contributed by atoms with Crippen LogP contribution in [0.25, 0.3) is 5.65 Å². The van der Waals surface area contributed by atoms with E-state index < -0.39 is 0 Å². The zero-order valence-corrected chi connectivity index (χ0v) is 12.1. The van der Waals surface area contributed by atoms with E-state index in [1.54, 1.807) is 18.3 Å². The summed E-state index contributed by atoms with van der Waals surface area (Å²) in [6, 6.07) is 3.55. The number of anilines is 1. The van der Waals surface area contributed by atoms with Gasteiger partial charge in [-0.05, 0) is 19.1 Å². The fourth-order valence-corrected chi connectivity index (χ4v) is 2.16. The van der Waals surface area contributed by atoms with E-state index >= 15 is 0 Å². The van der Waals surface area contributed by atoms with Crippen molar-refractivity contribution in [3.63, 3.8) is 0 Å². The summed E-state index contributed by atoms with van der Waals surface area (Å²) in [5.74, 6) is 0.718. The Balaban J connectivity index is 2.00. The minimum Gasteiger partial charge on any atom is -0.370 e. The molecule has 0 saturated carbocycles. The molecule has 108 valence electrons. The summed E-state index contributed by atoms with van der Waals surface area (Å²) >= 11 is 6.14. The van der Waals surface area contributed by atoms with Crippen LogP contribution < -0.4 is 11.0 Å². The molecule has 0 saturated heterocycles. The Morgan fingerprint density at radius 1 is 1.38 bits per heavy atom. The number of aromatic nitrogens is 5. The first-order valence-electron chi connectivity index (χ1n) is 6.47. The molecule has 0 aliphatic rings. The van der Waals surface area contributed by atoms with Gasteiger partial charge in [-0.1, -0.05) is 11.6 Å². The molecule has 0 amide bonds. The van der Waals surface area contributed by atoms with Crippen molar-refractivity contribution in [2.24, 2.45) is 0 Å². The minimum absolute atomic E-state index is 0.207. The van der Waals surface area contributed by atoms with E-state index in [0.717, 1.165) is 12.4 Å². The molecule has 8 heteroatoms. The van der Waals surface area contributed by atoms with Crippen molar-refractivity contribution in [1.82, 2.24) is 24.1 Å². The molecule has 0 fully saturated rings. The Hall–Kier alpha value is -2.41. The first-order valence-corrected chi connectivity index (χ1v) is 6.85.